The van der Waals surface area contributed by atoms with Crippen molar-refractivity contribution in [3.8, 4) is 0 Å². The van der Waals surface area contributed by atoms with Gasteiger partial charge in [-0.25, -0.2) is 0 Å². The fourth-order valence-corrected chi connectivity index (χ4v) is 1.36. The molecule has 0 N–H and O–H groups in total. The van der Waals surface area contributed by atoms with E-state index >= 15 is 0 Å². The largest absolute Gasteiger partial charge is 0.460 e. The summed E-state index contributed by atoms with van der Waals surface area (Å²) < 4.78 is 29.8. The molecule has 0 spiro atoms. The van der Waals surface area contributed by atoms with E-state index in [-0.39, 0.29) is 12.5 Å². The van der Waals surface area contributed by atoms with Crippen molar-refractivity contribution in [2.75, 3.05) is 0 Å². The second-order valence-electron chi connectivity index (χ2n) is 4.16. The summed E-state index contributed by atoms with van der Waals surface area (Å²) in [7, 11) is -4.10. The highest BCUT2D eigenvalue weighted by Gasteiger charge is 2.29. The number of ether oxygens (including phenoxy) is 1. The predicted octanol–water partition coefficient (Wildman–Crippen LogP) is 2.73. The van der Waals surface area contributed by atoms with E-state index in [1.165, 1.54) is 0 Å². The first kappa shape index (κ1) is 12.5. The van der Waals surface area contributed by atoms with Crippen molar-refractivity contribution in [1.29, 1.82) is 0 Å². The minimum atomic E-state index is -4.10. The summed E-state index contributed by atoms with van der Waals surface area (Å²) in [4.78, 5) is 11.0. The predicted molar refractivity (Wildman–Crippen MR) is 49.1 cm³/mol. The van der Waals surface area contributed by atoms with E-state index in [0.29, 0.717) is 0 Å². The highest BCUT2D eigenvalue weighted by Crippen LogP contribution is 2.17. The molecule has 0 saturated heterocycles. The fraction of sp³-hybridized carbons (Fsp3) is 0.875. The number of rotatable bonds is 3. The van der Waals surface area contributed by atoms with Crippen LogP contribution >= 0.6 is 0 Å². The average Bonchev–Trinajstić information content (AvgIpc) is 1.78. The first-order valence-corrected chi connectivity index (χ1v) is 6.66. The molecule has 0 aliphatic heterocycles. The lowest BCUT2D eigenvalue weighted by Gasteiger charge is -2.19. The number of carbonyl (C=O) groups is 1. The lowest BCUT2D eigenvalue weighted by Crippen LogP contribution is -2.25. The van der Waals surface area contributed by atoms with Gasteiger partial charge in [0.25, 0.3) is 0 Å². The van der Waals surface area contributed by atoms with Gasteiger partial charge in [0, 0.05) is 12.5 Å². The molecule has 0 bridgehead atoms. The van der Waals surface area contributed by atoms with Crippen molar-refractivity contribution in [3.05, 3.63) is 0 Å². The van der Waals surface area contributed by atoms with Crippen LogP contribution in [0.1, 0.15) is 27.2 Å². The Labute approximate surface area is 78.6 Å². The van der Waals surface area contributed by atoms with Crippen LogP contribution in [0.15, 0.2) is 0 Å². The standard InChI is InChI=1S/C8H16F2O2Si/c1-8(2,3)12-7(11)5-6-13(4,9)10/h5-6H2,1-4H3. The molecule has 2 nitrogen and oxygen atoms in total. The zero-order valence-corrected chi connectivity index (χ0v) is 9.49. The van der Waals surface area contributed by atoms with E-state index < -0.39 is 20.3 Å². The van der Waals surface area contributed by atoms with Gasteiger partial charge in [0.15, 0.2) is 0 Å². The maximum absolute atomic E-state index is 12.4. The smallest absolute Gasteiger partial charge is 0.422 e. The second kappa shape index (κ2) is 4.17. The third-order valence-electron chi connectivity index (χ3n) is 1.19. The molecule has 0 unspecified atom stereocenters. The average molecular weight is 210 g/mol. The zero-order chi connectivity index (χ0) is 10.7. The molecule has 0 amide bonds. The molecule has 0 heterocycles. The van der Waals surface area contributed by atoms with Crippen LogP contribution < -0.4 is 0 Å². The van der Waals surface area contributed by atoms with Gasteiger partial charge in [0.05, 0.1) is 0 Å². The Balaban J connectivity index is 3.78. The van der Waals surface area contributed by atoms with Crippen molar-refractivity contribution >= 4 is 14.7 Å². The Morgan fingerprint density at radius 3 is 2.15 bits per heavy atom. The molecule has 0 aromatic heterocycles. The van der Waals surface area contributed by atoms with Crippen LogP contribution in [-0.2, 0) is 9.53 Å². The first-order chi connectivity index (χ1) is 5.60. The first-order valence-electron chi connectivity index (χ1n) is 4.20. The SMILES string of the molecule is CC(C)(C)OC(=O)CC[Si](C)(F)F. The van der Waals surface area contributed by atoms with Gasteiger partial charge in [0.2, 0.25) is 0 Å². The molecule has 0 aromatic rings. The summed E-state index contributed by atoms with van der Waals surface area (Å²) in [6.45, 7) is 6.07. The molecule has 0 atom stereocenters. The quantitative estimate of drug-likeness (QED) is 0.407. The van der Waals surface area contributed by atoms with Gasteiger partial charge >= 0.3 is 14.7 Å². The molecule has 5 heteroatoms. The van der Waals surface area contributed by atoms with Gasteiger partial charge in [-0.15, -0.1) is 0 Å². The van der Waals surface area contributed by atoms with Crippen LogP contribution in [0, 0.1) is 0 Å². The summed E-state index contributed by atoms with van der Waals surface area (Å²) in [6, 6.07) is -0.318. The molecule has 0 aromatic carbocycles. The molecule has 0 rings (SSSR count). The van der Waals surface area contributed by atoms with Crippen molar-refractivity contribution < 1.29 is 17.7 Å². The maximum Gasteiger partial charge on any atom is 0.422 e. The Hall–Kier alpha value is -0.453. The number of hydrogen-bond donors (Lipinski definition) is 0. The normalized spacial score (nSPS) is 12.8. The summed E-state index contributed by atoms with van der Waals surface area (Å²) in [5, 5.41) is 0. The maximum atomic E-state index is 12.4. The summed E-state index contributed by atoms with van der Waals surface area (Å²) >= 11 is 0. The van der Waals surface area contributed by atoms with Crippen LogP contribution in [0.5, 0.6) is 0 Å². The van der Waals surface area contributed by atoms with Crippen molar-refractivity contribution in [2.45, 2.75) is 45.4 Å². The molecule has 0 radical (unpaired) electrons. The molecule has 0 saturated carbocycles. The van der Waals surface area contributed by atoms with Gasteiger partial charge in [-0.2, -0.15) is 0 Å². The van der Waals surface area contributed by atoms with Crippen molar-refractivity contribution in [3.63, 3.8) is 0 Å². The topological polar surface area (TPSA) is 26.3 Å². The molecular formula is C8H16F2O2Si. The molecular weight excluding hydrogens is 194 g/mol. The van der Waals surface area contributed by atoms with Crippen LogP contribution in [0.3, 0.4) is 0 Å². The second-order valence-corrected chi connectivity index (χ2v) is 6.80. The molecule has 13 heavy (non-hydrogen) atoms. The Kier molecular flexibility index (Phi) is 4.03. The number of halogens is 2. The highest BCUT2D eigenvalue weighted by molar-refractivity contribution is 6.64. The van der Waals surface area contributed by atoms with Crippen molar-refractivity contribution in [2.24, 2.45) is 0 Å². The fourth-order valence-electron chi connectivity index (χ4n) is 0.714. The van der Waals surface area contributed by atoms with Crippen LogP contribution in [0.25, 0.3) is 0 Å². The van der Waals surface area contributed by atoms with Gasteiger partial charge in [0.1, 0.15) is 5.60 Å². The highest BCUT2D eigenvalue weighted by atomic mass is 28.4. The van der Waals surface area contributed by atoms with Gasteiger partial charge in [-0.3, -0.25) is 13.0 Å². The molecule has 0 fully saturated rings. The van der Waals surface area contributed by atoms with Gasteiger partial charge in [-0.1, -0.05) is 0 Å². The summed E-state index contributed by atoms with van der Waals surface area (Å²) in [6.07, 6.45) is -0.174. The Bertz CT molecular complexity index is 182. The molecule has 78 valence electrons. The minimum absolute atomic E-state index is 0.174. The van der Waals surface area contributed by atoms with E-state index in [0.717, 1.165) is 6.55 Å². The van der Waals surface area contributed by atoms with Crippen LogP contribution in [-0.4, -0.2) is 20.3 Å². The van der Waals surface area contributed by atoms with Crippen LogP contribution in [0.4, 0.5) is 8.22 Å². The lowest BCUT2D eigenvalue weighted by molar-refractivity contribution is -0.154. The van der Waals surface area contributed by atoms with Gasteiger partial charge < -0.3 is 4.74 Å². The zero-order valence-electron chi connectivity index (χ0n) is 8.49. The molecule has 0 aliphatic rings. The summed E-state index contributed by atoms with van der Waals surface area (Å²) in [5.41, 5.74) is -0.582. The van der Waals surface area contributed by atoms with E-state index in [4.69, 9.17) is 4.74 Å². The number of carbonyl (C=O) groups excluding carboxylic acids is 1. The Morgan fingerprint density at radius 2 is 1.85 bits per heavy atom. The third kappa shape index (κ3) is 9.46. The number of esters is 1. The molecule has 0 aliphatic carbocycles. The van der Waals surface area contributed by atoms with E-state index in [2.05, 4.69) is 0 Å². The van der Waals surface area contributed by atoms with E-state index in [9.17, 15) is 13.0 Å². The summed E-state index contributed by atoms with van der Waals surface area (Å²) in [5.74, 6) is -0.540. The number of hydrogen-bond acceptors (Lipinski definition) is 2. The third-order valence-corrected chi connectivity index (χ3v) is 2.32. The van der Waals surface area contributed by atoms with E-state index in [1.54, 1.807) is 20.8 Å². The minimum Gasteiger partial charge on any atom is -0.460 e. The van der Waals surface area contributed by atoms with Crippen molar-refractivity contribution in [1.82, 2.24) is 0 Å². The monoisotopic (exact) mass is 210 g/mol. The Morgan fingerprint density at radius 1 is 1.38 bits per heavy atom. The van der Waals surface area contributed by atoms with Crippen LogP contribution in [0.2, 0.25) is 12.6 Å². The van der Waals surface area contributed by atoms with Gasteiger partial charge in [-0.05, 0) is 27.3 Å². The van der Waals surface area contributed by atoms with E-state index in [1.807, 2.05) is 0 Å². The lowest BCUT2D eigenvalue weighted by atomic mass is 10.2.